The Hall–Kier alpha value is -1.49. The number of piperidine rings is 1. The summed E-state index contributed by atoms with van der Waals surface area (Å²) >= 11 is 1.57. The Morgan fingerprint density at radius 3 is 2.81 bits per heavy atom. The first kappa shape index (κ1) is 14.4. The van der Waals surface area contributed by atoms with E-state index in [0.29, 0.717) is 13.0 Å². The summed E-state index contributed by atoms with van der Waals surface area (Å²) in [6, 6.07) is 7.36. The Bertz CT molecular complexity index is 549. The molecular weight excluding hydrogens is 286 g/mol. The van der Waals surface area contributed by atoms with Gasteiger partial charge in [-0.3, -0.25) is 4.79 Å². The number of rotatable bonds is 2. The lowest BCUT2D eigenvalue weighted by Crippen LogP contribution is -2.54. The minimum absolute atomic E-state index is 0.0184. The third-order valence-corrected chi connectivity index (χ3v) is 5.70. The Labute approximate surface area is 128 Å². The molecule has 0 aliphatic carbocycles. The van der Waals surface area contributed by atoms with E-state index in [4.69, 9.17) is 0 Å². The fraction of sp³-hybridized carbons (Fsp3) is 0.500. The highest BCUT2D eigenvalue weighted by Crippen LogP contribution is 2.38. The molecule has 112 valence electrons. The van der Waals surface area contributed by atoms with Crippen LogP contribution in [0, 0.1) is 5.92 Å². The lowest BCUT2D eigenvalue weighted by atomic mass is 9.90. The highest BCUT2D eigenvalue weighted by molar-refractivity contribution is 8.01. The number of carbonyl (C=O) groups is 2. The molecule has 1 fully saturated rings. The van der Waals surface area contributed by atoms with Crippen molar-refractivity contribution in [1.29, 1.82) is 0 Å². The van der Waals surface area contributed by atoms with E-state index in [1.807, 2.05) is 31.2 Å². The van der Waals surface area contributed by atoms with Crippen molar-refractivity contribution < 1.29 is 14.7 Å². The van der Waals surface area contributed by atoms with Crippen molar-refractivity contribution in [1.82, 2.24) is 4.90 Å². The van der Waals surface area contributed by atoms with Gasteiger partial charge in [0.1, 0.15) is 6.04 Å². The molecule has 1 N–H and O–H groups in total. The third-order valence-electron chi connectivity index (χ3n) is 4.39. The molecule has 1 saturated heterocycles. The topological polar surface area (TPSA) is 57.6 Å². The Morgan fingerprint density at radius 1 is 1.33 bits per heavy atom. The largest absolute Gasteiger partial charge is 0.480 e. The summed E-state index contributed by atoms with van der Waals surface area (Å²) in [6.07, 6.45) is 2.47. The van der Waals surface area contributed by atoms with Crippen molar-refractivity contribution in [2.45, 2.75) is 42.4 Å². The SMILES string of the molecule is CC1CCCN(C(=O)C2Cc3ccccc3S2)C1C(=O)O. The zero-order chi connectivity index (χ0) is 15.0. The van der Waals surface area contributed by atoms with Gasteiger partial charge in [-0.1, -0.05) is 25.1 Å². The number of likely N-dealkylation sites (tertiary alicyclic amines) is 1. The molecule has 1 aromatic carbocycles. The van der Waals surface area contributed by atoms with E-state index in [1.165, 1.54) is 5.56 Å². The lowest BCUT2D eigenvalue weighted by molar-refractivity contribution is -0.154. The Kier molecular flexibility index (Phi) is 3.93. The Morgan fingerprint density at radius 2 is 2.10 bits per heavy atom. The van der Waals surface area contributed by atoms with Crippen molar-refractivity contribution in [3.8, 4) is 0 Å². The van der Waals surface area contributed by atoms with Gasteiger partial charge in [-0.05, 0) is 36.8 Å². The minimum atomic E-state index is -0.879. The fourth-order valence-electron chi connectivity index (χ4n) is 3.32. The van der Waals surface area contributed by atoms with Crippen LogP contribution >= 0.6 is 11.8 Å². The van der Waals surface area contributed by atoms with E-state index in [-0.39, 0.29) is 17.1 Å². The van der Waals surface area contributed by atoms with E-state index < -0.39 is 12.0 Å². The summed E-state index contributed by atoms with van der Waals surface area (Å²) in [6.45, 7) is 2.49. The number of carbonyl (C=O) groups excluding carboxylic acids is 1. The first-order valence-corrected chi connectivity index (χ1v) is 8.23. The van der Waals surface area contributed by atoms with Crippen LogP contribution in [0.15, 0.2) is 29.2 Å². The van der Waals surface area contributed by atoms with E-state index in [2.05, 4.69) is 0 Å². The summed E-state index contributed by atoms with van der Waals surface area (Å²) < 4.78 is 0. The molecule has 5 heteroatoms. The molecule has 0 radical (unpaired) electrons. The second-order valence-corrected chi connectivity index (χ2v) is 7.10. The van der Waals surface area contributed by atoms with Gasteiger partial charge in [0.2, 0.25) is 5.91 Å². The fourth-order valence-corrected chi connectivity index (χ4v) is 4.58. The van der Waals surface area contributed by atoms with Crippen LogP contribution in [0.3, 0.4) is 0 Å². The van der Waals surface area contributed by atoms with Gasteiger partial charge in [0, 0.05) is 11.4 Å². The van der Waals surface area contributed by atoms with Crippen molar-refractivity contribution in [2.75, 3.05) is 6.54 Å². The van der Waals surface area contributed by atoms with Crippen LogP contribution in [0.1, 0.15) is 25.3 Å². The molecule has 0 aromatic heterocycles. The second kappa shape index (κ2) is 5.72. The van der Waals surface area contributed by atoms with Crippen molar-refractivity contribution in [3.05, 3.63) is 29.8 Å². The number of fused-ring (bicyclic) bond motifs is 1. The molecule has 3 rings (SSSR count). The number of carboxylic acids is 1. The lowest BCUT2D eigenvalue weighted by Gasteiger charge is -2.38. The zero-order valence-corrected chi connectivity index (χ0v) is 12.8. The quantitative estimate of drug-likeness (QED) is 0.911. The van der Waals surface area contributed by atoms with Crippen LogP contribution in [0.5, 0.6) is 0 Å². The summed E-state index contributed by atoms with van der Waals surface area (Å²) in [5.41, 5.74) is 1.19. The minimum Gasteiger partial charge on any atom is -0.480 e. The molecular formula is C16H19NO3S. The highest BCUT2D eigenvalue weighted by Gasteiger charge is 2.41. The molecule has 3 atom stereocenters. The van der Waals surface area contributed by atoms with Crippen LogP contribution in [0.4, 0.5) is 0 Å². The van der Waals surface area contributed by atoms with E-state index in [9.17, 15) is 14.7 Å². The standard InChI is InChI=1S/C16H19NO3S/c1-10-5-4-8-17(14(10)16(19)20)15(18)13-9-11-6-2-3-7-12(11)21-13/h2-3,6-7,10,13-14H,4-5,8-9H2,1H3,(H,19,20). The average molecular weight is 305 g/mol. The van der Waals surface area contributed by atoms with Gasteiger partial charge in [-0.25, -0.2) is 4.79 Å². The molecule has 3 unspecified atom stereocenters. The monoisotopic (exact) mass is 305 g/mol. The van der Waals surface area contributed by atoms with Gasteiger partial charge in [0.15, 0.2) is 0 Å². The molecule has 1 aromatic rings. The molecule has 0 bridgehead atoms. The number of aliphatic carboxylic acids is 1. The zero-order valence-electron chi connectivity index (χ0n) is 12.0. The van der Waals surface area contributed by atoms with E-state index >= 15 is 0 Å². The molecule has 0 spiro atoms. The van der Waals surface area contributed by atoms with Crippen LogP contribution in [0.2, 0.25) is 0 Å². The number of hydrogen-bond donors (Lipinski definition) is 1. The highest BCUT2D eigenvalue weighted by atomic mass is 32.2. The smallest absolute Gasteiger partial charge is 0.326 e. The molecule has 2 heterocycles. The number of amides is 1. The number of benzene rings is 1. The Balaban J connectivity index is 1.78. The second-order valence-electron chi connectivity index (χ2n) is 5.85. The number of carboxylic acid groups (broad SMARTS) is 1. The molecule has 2 aliphatic heterocycles. The number of nitrogens with zero attached hydrogens (tertiary/aromatic N) is 1. The van der Waals surface area contributed by atoms with Gasteiger partial charge in [-0.2, -0.15) is 0 Å². The molecule has 0 saturated carbocycles. The maximum atomic E-state index is 12.8. The van der Waals surface area contributed by atoms with Crippen LogP contribution in [-0.2, 0) is 16.0 Å². The van der Waals surface area contributed by atoms with Gasteiger partial charge < -0.3 is 10.0 Å². The third kappa shape index (κ3) is 2.67. The van der Waals surface area contributed by atoms with Crippen molar-refractivity contribution >= 4 is 23.6 Å². The normalized spacial score (nSPS) is 28.2. The summed E-state index contributed by atoms with van der Waals surface area (Å²) in [7, 11) is 0. The first-order valence-electron chi connectivity index (χ1n) is 7.36. The molecule has 4 nitrogen and oxygen atoms in total. The maximum absolute atomic E-state index is 12.8. The first-order chi connectivity index (χ1) is 10.1. The number of hydrogen-bond acceptors (Lipinski definition) is 3. The summed E-state index contributed by atoms with van der Waals surface area (Å²) in [5, 5.41) is 9.27. The predicted octanol–water partition coefficient (Wildman–Crippen LogP) is 2.42. The van der Waals surface area contributed by atoms with Crippen LogP contribution in [-0.4, -0.2) is 39.7 Å². The van der Waals surface area contributed by atoms with E-state index in [1.54, 1.807) is 16.7 Å². The van der Waals surface area contributed by atoms with Gasteiger partial charge in [0.25, 0.3) is 0 Å². The van der Waals surface area contributed by atoms with Gasteiger partial charge in [0.05, 0.1) is 5.25 Å². The number of thioether (sulfide) groups is 1. The molecule has 2 aliphatic rings. The molecule has 21 heavy (non-hydrogen) atoms. The van der Waals surface area contributed by atoms with Gasteiger partial charge in [-0.15, -0.1) is 11.8 Å². The predicted molar refractivity (Wildman–Crippen MR) is 81.3 cm³/mol. The van der Waals surface area contributed by atoms with Crippen molar-refractivity contribution in [3.63, 3.8) is 0 Å². The maximum Gasteiger partial charge on any atom is 0.326 e. The summed E-state index contributed by atoms with van der Waals surface area (Å²) in [5.74, 6) is -0.875. The van der Waals surface area contributed by atoms with Crippen LogP contribution < -0.4 is 0 Å². The van der Waals surface area contributed by atoms with Gasteiger partial charge >= 0.3 is 5.97 Å². The molecule has 1 amide bonds. The van der Waals surface area contributed by atoms with Crippen LogP contribution in [0.25, 0.3) is 0 Å². The van der Waals surface area contributed by atoms with E-state index in [0.717, 1.165) is 17.7 Å². The average Bonchev–Trinajstić information content (AvgIpc) is 2.89. The van der Waals surface area contributed by atoms with Crippen molar-refractivity contribution in [2.24, 2.45) is 5.92 Å². The summed E-state index contributed by atoms with van der Waals surface area (Å²) in [4.78, 5) is 27.0.